The minimum atomic E-state index is -4.52. The zero-order chi connectivity index (χ0) is 75.8. The van der Waals surface area contributed by atoms with Gasteiger partial charge in [0, 0.05) is 67.4 Å². The maximum Gasteiger partial charge on any atom is 0.393 e. The number of likely N-dealkylation sites (N-methyl/N-ethyl adjacent to an activating group) is 6. The third-order valence-electron chi connectivity index (χ3n) is 25.0. The quantitative estimate of drug-likeness (QED) is 0.162. The summed E-state index contributed by atoms with van der Waals surface area (Å²) in [6, 6.07) is -11.8. The monoisotopic (exact) mass is 1490 g/mol. The zero-order valence-electron chi connectivity index (χ0n) is 62.9. The van der Waals surface area contributed by atoms with Crippen LogP contribution in [-0.4, -0.2) is 287 Å². The van der Waals surface area contributed by atoms with Crippen LogP contribution in [0.1, 0.15) is 195 Å². The molecule has 5 heterocycles. The number of amides is 12. The van der Waals surface area contributed by atoms with Crippen molar-refractivity contribution < 1.29 is 80.2 Å². The van der Waals surface area contributed by atoms with Gasteiger partial charge < -0.3 is 69.5 Å². The first-order chi connectivity index (χ1) is 49.3. The smallest absolute Gasteiger partial charge is 0.379 e. The summed E-state index contributed by atoms with van der Waals surface area (Å²) in [6.45, 7) is 6.95. The minimum Gasteiger partial charge on any atom is -0.379 e. The fourth-order valence-corrected chi connectivity index (χ4v) is 18.5. The molecule has 9 rings (SSSR count). The Balaban J connectivity index is 1.08. The molecule has 584 valence electrons. The summed E-state index contributed by atoms with van der Waals surface area (Å²) in [5.41, 5.74) is -1.57. The van der Waals surface area contributed by atoms with E-state index in [1.807, 2.05) is 13.8 Å². The van der Waals surface area contributed by atoms with E-state index in [0.717, 1.165) is 43.4 Å². The molecular weight excluding hydrogens is 1370 g/mol. The Morgan fingerprint density at radius 1 is 0.644 bits per heavy atom. The van der Waals surface area contributed by atoms with Gasteiger partial charge in [-0.25, -0.2) is 0 Å². The van der Waals surface area contributed by atoms with Crippen molar-refractivity contribution in [2.45, 2.75) is 278 Å². The molecule has 3 N–H and O–H groups in total. The predicted molar refractivity (Wildman–Crippen MR) is 378 cm³/mol. The zero-order valence-corrected chi connectivity index (χ0v) is 63.7. The Morgan fingerprint density at radius 3 is 1.89 bits per heavy atom. The summed E-state index contributed by atoms with van der Waals surface area (Å²) < 4.78 is 53.9. The molecule has 0 radical (unpaired) electrons. The highest BCUT2D eigenvalue weighted by atomic mass is 35.5. The normalized spacial score (nSPS) is 32.8. The molecule has 1 spiro atoms. The van der Waals surface area contributed by atoms with E-state index < -0.39 is 173 Å². The lowest BCUT2D eigenvalue weighted by molar-refractivity contribution is -0.182. The predicted octanol–water partition coefficient (Wildman–Crippen LogP) is 4.99. The second-order valence-corrected chi connectivity index (χ2v) is 32.3. The Kier molecular flexibility index (Phi) is 27.9. The van der Waals surface area contributed by atoms with Gasteiger partial charge in [0.2, 0.25) is 70.9 Å². The molecule has 0 aromatic rings. The summed E-state index contributed by atoms with van der Waals surface area (Å²) in [7, 11) is 8.67. The average Bonchev–Trinajstić information content (AvgIpc) is 1.70. The molecular formula is C74H116ClF3N12O14. The number of morpholine rings is 1. The molecule has 104 heavy (non-hydrogen) atoms. The standard InChI is InChI=1S/C74H116ClF3N12O14/c1-11-36-103-43-58-67(97)82(5)40-59(91)79-53(30-26-47-25-29-51(52(75)37-47)74(76,77)78)66(96)88-34-19-24-54(88)64(94)81-73(32-17-18-33-73)72(102)87(10)62(48-22-15-16-23-48)71(101)85(8)57(69(99)90-49-27-28-50(90)42-104-41-49)39-60(92)84(7)56(38-46-20-13-14-21-46)63(93)80-61(44(3)12-2)70(100)83(6)45(4)65(95)89-35-31-55(89)68(98)86(58)9/h44-58,61-62H,11-43H2,1-10H3,(H,79,91)(H,80,93)(H,81,94)/t44-,45-,47?,49?,50?,51?,52?,53-,54-,55-,56-,57-,58-,61-,62-/m0/s1. The van der Waals surface area contributed by atoms with Crippen LogP contribution in [0, 0.1) is 29.6 Å². The van der Waals surface area contributed by atoms with Gasteiger partial charge in [0.05, 0.1) is 50.8 Å². The summed E-state index contributed by atoms with van der Waals surface area (Å²) in [4.78, 5) is 194. The third kappa shape index (κ3) is 18.3. The van der Waals surface area contributed by atoms with E-state index in [1.54, 1.807) is 11.8 Å². The number of fused-ring (bicyclic) bond motifs is 4. The van der Waals surface area contributed by atoms with Gasteiger partial charge in [-0.15, -0.1) is 11.6 Å². The number of nitrogens with zero attached hydrogens (tertiary/aromatic N) is 9. The molecule has 0 aromatic heterocycles. The van der Waals surface area contributed by atoms with E-state index in [2.05, 4.69) is 16.0 Å². The highest BCUT2D eigenvalue weighted by Gasteiger charge is 2.54. The van der Waals surface area contributed by atoms with Crippen LogP contribution in [-0.2, 0) is 67.0 Å². The maximum absolute atomic E-state index is 16.0. The molecule has 5 unspecified atom stereocenters. The van der Waals surface area contributed by atoms with Crippen LogP contribution in [0.3, 0.4) is 0 Å². The number of hydrogen-bond donors (Lipinski definition) is 3. The van der Waals surface area contributed by atoms with Crippen LogP contribution < -0.4 is 16.0 Å². The van der Waals surface area contributed by atoms with Crippen molar-refractivity contribution in [3.05, 3.63) is 0 Å². The largest absolute Gasteiger partial charge is 0.393 e. The second-order valence-electron chi connectivity index (χ2n) is 31.7. The van der Waals surface area contributed by atoms with Gasteiger partial charge in [-0.05, 0) is 133 Å². The molecule has 0 aromatic carbocycles. The molecule has 26 nitrogen and oxygen atoms in total. The van der Waals surface area contributed by atoms with Crippen LogP contribution in [0.2, 0.25) is 0 Å². The SMILES string of the molecule is CCCOC[C@H]1C(=O)N(C)CC(=O)N[C@@H](CCC2CCC(C(F)(F)F)C(Cl)C2)C(=O)N2CCC[C@H]2C(=O)NC2(CCCC2)C(=O)N(C)[C@@H](C2CCCC2)C(=O)N(C)[C@H](C(=O)N2C3CCC2COC3)CC(=O)N(C)[C@@H](CC2CCCC2)C(=O)N[C@@H]([C@@H](C)CC)C(=O)N(C)[C@@H](C)C(=O)N2CC[C@H]2C(=O)N1C. The molecule has 4 aliphatic carbocycles. The van der Waals surface area contributed by atoms with Gasteiger partial charge in [-0.1, -0.05) is 78.6 Å². The fraction of sp³-hybridized carbons (Fsp3) is 0.838. The van der Waals surface area contributed by atoms with E-state index in [0.29, 0.717) is 57.8 Å². The maximum atomic E-state index is 16.0. The van der Waals surface area contributed by atoms with E-state index in [4.69, 9.17) is 21.1 Å². The van der Waals surface area contributed by atoms with Crippen LogP contribution >= 0.6 is 11.6 Å². The molecule has 5 aliphatic heterocycles. The number of carbonyl (C=O) groups excluding carboxylic acids is 12. The number of rotatable bonds is 13. The molecule has 2 bridgehead atoms. The summed E-state index contributed by atoms with van der Waals surface area (Å²) in [5.74, 6) is -10.5. The van der Waals surface area contributed by atoms with E-state index in [1.165, 1.54) is 83.5 Å². The molecule has 15 atom stereocenters. The second kappa shape index (κ2) is 35.6. The molecule has 9 fully saturated rings. The highest BCUT2D eigenvalue weighted by Crippen LogP contribution is 2.44. The van der Waals surface area contributed by atoms with Crippen LogP contribution in [0.15, 0.2) is 0 Å². The van der Waals surface area contributed by atoms with Gasteiger partial charge in [0.25, 0.3) is 0 Å². The van der Waals surface area contributed by atoms with Crippen LogP contribution in [0.25, 0.3) is 0 Å². The van der Waals surface area contributed by atoms with Crippen molar-refractivity contribution >= 4 is 82.5 Å². The minimum absolute atomic E-state index is 0.0114. The van der Waals surface area contributed by atoms with E-state index >= 15 is 38.4 Å². The lowest BCUT2D eigenvalue weighted by atomic mass is 9.78. The van der Waals surface area contributed by atoms with Gasteiger partial charge in [-0.3, -0.25) is 57.5 Å². The Labute approximate surface area is 616 Å². The fourth-order valence-electron chi connectivity index (χ4n) is 18.0. The number of nitrogens with one attached hydrogen (secondary N) is 3. The van der Waals surface area contributed by atoms with Gasteiger partial charge >= 0.3 is 6.18 Å². The Morgan fingerprint density at radius 2 is 1.29 bits per heavy atom. The topological polar surface area (TPSA) is 289 Å². The van der Waals surface area contributed by atoms with Gasteiger partial charge in [0.1, 0.15) is 59.9 Å². The Hall–Kier alpha value is -6.36. The lowest BCUT2D eigenvalue weighted by Crippen LogP contribution is -2.65. The Bertz CT molecular complexity index is 3100. The molecule has 30 heteroatoms. The number of carbonyl (C=O) groups is 12. The number of alkyl halides is 4. The summed E-state index contributed by atoms with van der Waals surface area (Å²) in [6.07, 6.45) is 5.44. The third-order valence-corrected chi connectivity index (χ3v) is 25.5. The highest BCUT2D eigenvalue weighted by molar-refractivity contribution is 6.21. The first kappa shape index (κ1) is 81.7. The van der Waals surface area contributed by atoms with Crippen molar-refractivity contribution in [2.24, 2.45) is 29.6 Å². The van der Waals surface area contributed by atoms with Crippen LogP contribution in [0.5, 0.6) is 0 Å². The average molecular weight is 1490 g/mol. The van der Waals surface area contributed by atoms with Crippen LogP contribution in [0.4, 0.5) is 13.2 Å². The van der Waals surface area contributed by atoms with Gasteiger partial charge in [0.15, 0.2) is 0 Å². The first-order valence-corrected chi connectivity index (χ1v) is 39.1. The molecule has 5 saturated heterocycles. The van der Waals surface area contributed by atoms with E-state index in [-0.39, 0.29) is 128 Å². The summed E-state index contributed by atoms with van der Waals surface area (Å²) in [5, 5.41) is 7.68. The number of ether oxygens (including phenoxy) is 2. The first-order valence-electron chi connectivity index (χ1n) is 38.6. The number of hydrogen-bond acceptors (Lipinski definition) is 14. The van der Waals surface area contributed by atoms with Gasteiger partial charge in [-0.2, -0.15) is 13.2 Å². The lowest BCUT2D eigenvalue weighted by Gasteiger charge is -2.45. The number of halogens is 4. The van der Waals surface area contributed by atoms with Crippen molar-refractivity contribution in [1.29, 1.82) is 0 Å². The van der Waals surface area contributed by atoms with Crippen molar-refractivity contribution in [3.8, 4) is 0 Å². The molecule has 12 amide bonds. The molecule has 9 aliphatic rings. The van der Waals surface area contributed by atoms with E-state index in [9.17, 15) is 32.3 Å². The molecule has 4 saturated carbocycles. The van der Waals surface area contributed by atoms with Crippen molar-refractivity contribution in [2.75, 3.05) is 88.3 Å². The van der Waals surface area contributed by atoms with Crippen molar-refractivity contribution in [1.82, 2.24) is 60.0 Å². The summed E-state index contributed by atoms with van der Waals surface area (Å²) >= 11 is 6.41. The van der Waals surface area contributed by atoms with Crippen molar-refractivity contribution in [3.63, 3.8) is 0 Å².